The first-order chi connectivity index (χ1) is 13.0. The molecule has 2 fully saturated rings. The summed E-state index contributed by atoms with van der Waals surface area (Å²) < 4.78 is 1.90. The van der Waals surface area contributed by atoms with Crippen LogP contribution in [0.15, 0.2) is 30.3 Å². The van der Waals surface area contributed by atoms with Crippen LogP contribution in [0.2, 0.25) is 0 Å². The first-order valence-electron chi connectivity index (χ1n) is 9.79. The molecule has 0 spiro atoms. The fourth-order valence-electron chi connectivity index (χ4n) is 5.43. The van der Waals surface area contributed by atoms with Gasteiger partial charge in [-0.05, 0) is 32.4 Å². The van der Waals surface area contributed by atoms with Crippen molar-refractivity contribution in [3.05, 3.63) is 52.8 Å². The number of aryl methyl sites for hydroxylation is 1. The summed E-state index contributed by atoms with van der Waals surface area (Å²) >= 11 is 0. The summed E-state index contributed by atoms with van der Waals surface area (Å²) in [4.78, 5) is 2.37. The van der Waals surface area contributed by atoms with E-state index < -0.39 is 5.54 Å². The number of nitrogens with one attached hydrogen (secondary N) is 1. The van der Waals surface area contributed by atoms with E-state index in [2.05, 4.69) is 41.4 Å². The molecule has 146 valence electrons. The number of nitrogens with zero attached hydrogens (tertiary/aromatic N) is 3. The SMILES string of the molecule is Cc1nn(CCO)c(C)c1[C@H]1N[C@](CO)(c2ccccc2)[C@H]2CN(C)C[C@@H]12. The molecule has 6 nitrogen and oxygen atoms in total. The highest BCUT2D eigenvalue weighted by Gasteiger charge is 2.57. The minimum Gasteiger partial charge on any atom is -0.394 e. The lowest BCUT2D eigenvalue weighted by atomic mass is 9.76. The Kier molecular flexibility index (Phi) is 4.84. The van der Waals surface area contributed by atoms with Crippen LogP contribution in [0.25, 0.3) is 0 Å². The van der Waals surface area contributed by atoms with Crippen LogP contribution < -0.4 is 5.32 Å². The van der Waals surface area contributed by atoms with Crippen molar-refractivity contribution in [2.75, 3.05) is 33.4 Å². The molecule has 1 aromatic carbocycles. The van der Waals surface area contributed by atoms with Gasteiger partial charge in [-0.25, -0.2) is 0 Å². The summed E-state index contributed by atoms with van der Waals surface area (Å²) in [6, 6.07) is 10.5. The van der Waals surface area contributed by atoms with Gasteiger partial charge in [0.05, 0.1) is 31.0 Å². The third-order valence-corrected chi connectivity index (χ3v) is 6.62. The molecule has 27 heavy (non-hydrogen) atoms. The average molecular weight is 370 g/mol. The summed E-state index contributed by atoms with van der Waals surface area (Å²) in [6.45, 7) is 6.77. The number of aliphatic hydroxyl groups excluding tert-OH is 2. The molecule has 0 unspecified atom stereocenters. The molecule has 0 aliphatic carbocycles. The summed E-state index contributed by atoms with van der Waals surface area (Å²) in [5.74, 6) is 0.742. The molecule has 2 saturated heterocycles. The summed E-state index contributed by atoms with van der Waals surface area (Å²) in [5, 5.41) is 28.4. The molecule has 4 rings (SSSR count). The summed E-state index contributed by atoms with van der Waals surface area (Å²) in [5.41, 5.74) is 4.04. The van der Waals surface area contributed by atoms with Crippen LogP contribution >= 0.6 is 0 Å². The zero-order valence-corrected chi connectivity index (χ0v) is 16.4. The smallest absolute Gasteiger partial charge is 0.0718 e. The molecule has 0 bridgehead atoms. The van der Waals surface area contributed by atoms with Crippen LogP contribution in [-0.4, -0.2) is 58.2 Å². The van der Waals surface area contributed by atoms with Crippen molar-refractivity contribution in [1.29, 1.82) is 0 Å². The van der Waals surface area contributed by atoms with E-state index in [1.165, 1.54) is 5.56 Å². The van der Waals surface area contributed by atoms with Crippen molar-refractivity contribution < 1.29 is 10.2 Å². The molecule has 4 atom stereocenters. The maximum Gasteiger partial charge on any atom is 0.0718 e. The van der Waals surface area contributed by atoms with Crippen LogP contribution in [0.3, 0.4) is 0 Å². The van der Waals surface area contributed by atoms with E-state index in [-0.39, 0.29) is 19.3 Å². The van der Waals surface area contributed by atoms with Gasteiger partial charge >= 0.3 is 0 Å². The van der Waals surface area contributed by atoms with Gasteiger partial charge in [-0.1, -0.05) is 30.3 Å². The Bertz CT molecular complexity index is 806. The molecule has 0 radical (unpaired) electrons. The Balaban J connectivity index is 1.80. The van der Waals surface area contributed by atoms with Crippen LogP contribution in [-0.2, 0) is 12.1 Å². The molecule has 3 heterocycles. The second kappa shape index (κ2) is 7.02. The third kappa shape index (κ3) is 2.83. The Morgan fingerprint density at radius 2 is 1.93 bits per heavy atom. The van der Waals surface area contributed by atoms with Gasteiger partial charge in [-0.15, -0.1) is 0 Å². The predicted octanol–water partition coefficient (Wildman–Crippen LogP) is 1.20. The maximum atomic E-state index is 10.6. The van der Waals surface area contributed by atoms with Crippen molar-refractivity contribution in [2.24, 2.45) is 11.8 Å². The minimum absolute atomic E-state index is 0.0748. The van der Waals surface area contributed by atoms with E-state index in [1.54, 1.807) is 0 Å². The lowest BCUT2D eigenvalue weighted by Gasteiger charge is -2.35. The molecule has 2 aliphatic heterocycles. The highest BCUT2D eigenvalue weighted by molar-refractivity contribution is 5.37. The lowest BCUT2D eigenvalue weighted by Crippen LogP contribution is -2.47. The number of hydrogen-bond donors (Lipinski definition) is 3. The maximum absolute atomic E-state index is 10.6. The Labute approximate surface area is 160 Å². The molecule has 6 heteroatoms. The number of fused-ring (bicyclic) bond motifs is 1. The van der Waals surface area contributed by atoms with Crippen LogP contribution in [0, 0.1) is 25.7 Å². The van der Waals surface area contributed by atoms with E-state index in [9.17, 15) is 10.2 Å². The van der Waals surface area contributed by atoms with Crippen molar-refractivity contribution >= 4 is 0 Å². The van der Waals surface area contributed by atoms with Crippen molar-refractivity contribution in [3.8, 4) is 0 Å². The Hall–Kier alpha value is -1.73. The van der Waals surface area contributed by atoms with E-state index in [0.717, 1.165) is 30.0 Å². The van der Waals surface area contributed by atoms with E-state index >= 15 is 0 Å². The Morgan fingerprint density at radius 3 is 2.59 bits per heavy atom. The number of likely N-dealkylation sites (tertiary alicyclic amines) is 1. The third-order valence-electron chi connectivity index (χ3n) is 6.62. The monoisotopic (exact) mass is 370 g/mol. The number of hydrogen-bond acceptors (Lipinski definition) is 5. The molecular weight excluding hydrogens is 340 g/mol. The van der Waals surface area contributed by atoms with Gasteiger partial charge in [0, 0.05) is 36.3 Å². The molecule has 3 N–H and O–H groups in total. The van der Waals surface area contributed by atoms with Crippen molar-refractivity contribution in [2.45, 2.75) is 32.0 Å². The molecule has 0 saturated carbocycles. The van der Waals surface area contributed by atoms with Gasteiger partial charge < -0.3 is 15.1 Å². The summed E-state index contributed by atoms with van der Waals surface area (Å²) in [7, 11) is 2.16. The normalized spacial score (nSPS) is 30.8. The van der Waals surface area contributed by atoms with Gasteiger partial charge in [-0.3, -0.25) is 10.00 Å². The minimum atomic E-state index is -0.445. The zero-order chi connectivity index (χ0) is 19.2. The number of rotatable bonds is 5. The Morgan fingerprint density at radius 1 is 1.19 bits per heavy atom. The number of aliphatic hydroxyl groups is 2. The molecule has 2 aliphatic rings. The van der Waals surface area contributed by atoms with E-state index in [1.807, 2.05) is 29.8 Å². The highest BCUT2D eigenvalue weighted by Crippen LogP contribution is 2.52. The van der Waals surface area contributed by atoms with Crippen molar-refractivity contribution in [3.63, 3.8) is 0 Å². The van der Waals surface area contributed by atoms with E-state index in [0.29, 0.717) is 18.4 Å². The van der Waals surface area contributed by atoms with Crippen LogP contribution in [0.5, 0.6) is 0 Å². The summed E-state index contributed by atoms with van der Waals surface area (Å²) in [6.07, 6.45) is 0. The van der Waals surface area contributed by atoms with Crippen LogP contribution in [0.4, 0.5) is 0 Å². The van der Waals surface area contributed by atoms with Gasteiger partial charge in [0.15, 0.2) is 0 Å². The van der Waals surface area contributed by atoms with Gasteiger partial charge in [0.2, 0.25) is 0 Å². The zero-order valence-electron chi connectivity index (χ0n) is 16.4. The number of aromatic nitrogens is 2. The van der Waals surface area contributed by atoms with Crippen molar-refractivity contribution in [1.82, 2.24) is 20.0 Å². The fourth-order valence-corrected chi connectivity index (χ4v) is 5.43. The standard InChI is InChI=1S/C21H30N4O2/c1-14-19(15(2)25(23-14)9-10-26)20-17-11-24(3)12-18(17)21(13-27,22-20)16-7-5-4-6-8-16/h4-8,17-18,20,22,26-27H,9-13H2,1-3H3/t17-,18+,20+,21-/m1/s1. The van der Waals surface area contributed by atoms with Gasteiger partial charge in [0.25, 0.3) is 0 Å². The second-order valence-corrected chi connectivity index (χ2v) is 8.14. The highest BCUT2D eigenvalue weighted by atomic mass is 16.3. The average Bonchev–Trinajstić information content (AvgIpc) is 3.27. The van der Waals surface area contributed by atoms with Gasteiger partial charge in [0.1, 0.15) is 0 Å². The quantitative estimate of drug-likeness (QED) is 0.738. The van der Waals surface area contributed by atoms with E-state index in [4.69, 9.17) is 0 Å². The van der Waals surface area contributed by atoms with Crippen LogP contribution in [0.1, 0.15) is 28.6 Å². The largest absolute Gasteiger partial charge is 0.394 e. The lowest BCUT2D eigenvalue weighted by molar-refractivity contribution is 0.129. The van der Waals surface area contributed by atoms with Gasteiger partial charge in [-0.2, -0.15) is 5.10 Å². The first-order valence-corrected chi connectivity index (χ1v) is 9.79. The number of benzene rings is 1. The molecule has 0 amide bonds. The second-order valence-electron chi connectivity index (χ2n) is 8.14. The molecule has 1 aromatic heterocycles. The topological polar surface area (TPSA) is 73.5 Å². The first kappa shape index (κ1) is 18.6. The molecular formula is C21H30N4O2. The predicted molar refractivity (Wildman–Crippen MR) is 104 cm³/mol. The molecule has 2 aromatic rings. The fraction of sp³-hybridized carbons (Fsp3) is 0.571.